The number of nitrogens with one attached hydrogen (secondary N) is 1. The van der Waals surface area contributed by atoms with Crippen molar-refractivity contribution < 1.29 is 34.4 Å². The predicted molar refractivity (Wildman–Crippen MR) is 110 cm³/mol. The molecule has 2 aromatic carbocycles. The number of aliphatic hydroxyl groups is 1. The Morgan fingerprint density at radius 2 is 1.59 bits per heavy atom. The maximum Gasteiger partial charge on any atom is 0.414 e. The third-order valence-electron chi connectivity index (χ3n) is 3.35. The van der Waals surface area contributed by atoms with Crippen LogP contribution in [-0.4, -0.2) is 65.9 Å². The van der Waals surface area contributed by atoms with E-state index in [1.165, 1.54) is 4.90 Å². The van der Waals surface area contributed by atoms with Gasteiger partial charge >= 0.3 is 11.9 Å². The van der Waals surface area contributed by atoms with Crippen LogP contribution in [0.1, 0.15) is 0 Å². The number of rotatable bonds is 10. The number of aliphatic hydroxyl groups excluding tert-OH is 1. The molecule has 0 amide bonds. The molecule has 2 aromatic rings. The van der Waals surface area contributed by atoms with Crippen molar-refractivity contribution in [3.63, 3.8) is 0 Å². The Kier molecular flexibility index (Phi) is 12.0. The first kappa shape index (κ1) is 24.3. The number of benzene rings is 2. The highest BCUT2D eigenvalue weighted by Gasteiger charge is 2.08. The van der Waals surface area contributed by atoms with Gasteiger partial charge < -0.3 is 30.1 Å². The average Bonchev–Trinajstić information content (AvgIpc) is 2.73. The summed E-state index contributed by atoms with van der Waals surface area (Å²) in [6.45, 7) is 1.58. The first-order valence-corrected chi connectivity index (χ1v) is 9.71. The highest BCUT2D eigenvalue weighted by molar-refractivity contribution is 7.99. The smallest absolute Gasteiger partial charge is 0.414 e. The molecule has 0 bridgehead atoms. The zero-order chi connectivity index (χ0) is 21.5. The summed E-state index contributed by atoms with van der Waals surface area (Å²) in [5, 5.41) is 28.0. The molecule has 0 aliphatic carbocycles. The van der Waals surface area contributed by atoms with E-state index in [-0.39, 0.29) is 6.61 Å². The predicted octanol–water partition coefficient (Wildman–Crippen LogP) is 1.97. The lowest BCUT2D eigenvalue weighted by molar-refractivity contribution is -0.159. The number of carbonyl (C=O) groups is 2. The summed E-state index contributed by atoms with van der Waals surface area (Å²) in [7, 11) is 1.60. The van der Waals surface area contributed by atoms with Crippen molar-refractivity contribution in [2.75, 3.05) is 32.6 Å². The van der Waals surface area contributed by atoms with Gasteiger partial charge in [0.25, 0.3) is 0 Å². The van der Waals surface area contributed by atoms with Crippen LogP contribution in [0.3, 0.4) is 0 Å². The Morgan fingerprint density at radius 3 is 2.17 bits per heavy atom. The Labute approximate surface area is 173 Å². The molecule has 0 saturated carbocycles. The highest BCUT2D eigenvalue weighted by atomic mass is 32.2. The van der Waals surface area contributed by atoms with Gasteiger partial charge in [0.15, 0.2) is 11.5 Å². The van der Waals surface area contributed by atoms with E-state index in [4.69, 9.17) is 29.3 Å². The van der Waals surface area contributed by atoms with Crippen LogP contribution >= 0.6 is 11.8 Å². The summed E-state index contributed by atoms with van der Waals surface area (Å²) < 4.78 is 10.8. The minimum atomic E-state index is -1.82. The molecule has 0 aliphatic heterocycles. The molecule has 0 fully saturated rings. The molecule has 0 radical (unpaired) electrons. The second-order valence-electron chi connectivity index (χ2n) is 5.59. The molecule has 4 N–H and O–H groups in total. The molecule has 9 heteroatoms. The second-order valence-corrected chi connectivity index (χ2v) is 6.76. The third-order valence-corrected chi connectivity index (χ3v) is 4.37. The standard InChI is InChI=1S/C18H23NO3S.C2H2O4/c1-21-17-9-5-6-10-18(17)22-14-15(20)13-19-11-12-23-16-7-3-2-4-8-16;3-1(4)2(5)6/h2-10,15,19-20H,11-14H2,1H3;(H,3,4)(H,5,6). The lowest BCUT2D eigenvalue weighted by Crippen LogP contribution is -2.32. The van der Waals surface area contributed by atoms with Gasteiger partial charge in [-0.3, -0.25) is 0 Å². The topological polar surface area (TPSA) is 125 Å². The van der Waals surface area contributed by atoms with E-state index in [1.807, 2.05) is 42.5 Å². The zero-order valence-corrected chi connectivity index (χ0v) is 16.8. The minimum absolute atomic E-state index is 0.235. The summed E-state index contributed by atoms with van der Waals surface area (Å²) in [4.78, 5) is 19.5. The van der Waals surface area contributed by atoms with E-state index >= 15 is 0 Å². The molecule has 1 unspecified atom stereocenters. The fraction of sp³-hybridized carbons (Fsp3) is 0.300. The summed E-state index contributed by atoms with van der Waals surface area (Å²) in [6.07, 6.45) is -0.554. The summed E-state index contributed by atoms with van der Waals surface area (Å²) in [6, 6.07) is 17.7. The van der Waals surface area contributed by atoms with Crippen LogP contribution in [0.2, 0.25) is 0 Å². The molecule has 29 heavy (non-hydrogen) atoms. The number of ether oxygens (including phenoxy) is 2. The molecule has 2 rings (SSSR count). The molecular formula is C20H25NO7S. The third kappa shape index (κ3) is 11.0. The van der Waals surface area contributed by atoms with E-state index in [0.29, 0.717) is 18.0 Å². The lowest BCUT2D eigenvalue weighted by Gasteiger charge is -2.15. The molecule has 0 aromatic heterocycles. The average molecular weight is 423 g/mol. The number of carboxylic acid groups (broad SMARTS) is 2. The maximum atomic E-state index is 9.96. The molecule has 0 saturated heterocycles. The van der Waals surface area contributed by atoms with Gasteiger partial charge in [-0.15, -0.1) is 11.8 Å². The normalized spacial score (nSPS) is 11.0. The SMILES string of the molecule is COc1ccccc1OCC(O)CNCCSc1ccccc1.O=C(O)C(=O)O. The van der Waals surface area contributed by atoms with Gasteiger partial charge in [-0.25, -0.2) is 9.59 Å². The fourth-order valence-electron chi connectivity index (χ4n) is 2.01. The van der Waals surface area contributed by atoms with Crippen LogP contribution in [0.15, 0.2) is 59.5 Å². The van der Waals surface area contributed by atoms with Gasteiger partial charge in [0.1, 0.15) is 12.7 Å². The number of aliphatic carboxylic acids is 2. The second kappa shape index (κ2) is 14.3. The summed E-state index contributed by atoms with van der Waals surface area (Å²) >= 11 is 1.80. The number of thioether (sulfide) groups is 1. The first-order chi connectivity index (χ1) is 13.9. The van der Waals surface area contributed by atoms with Gasteiger partial charge in [0, 0.05) is 23.7 Å². The zero-order valence-electron chi connectivity index (χ0n) is 16.0. The largest absolute Gasteiger partial charge is 0.493 e. The molecule has 0 aliphatic rings. The quantitative estimate of drug-likeness (QED) is 0.258. The minimum Gasteiger partial charge on any atom is -0.493 e. The van der Waals surface area contributed by atoms with E-state index in [0.717, 1.165) is 12.3 Å². The number of methoxy groups -OCH3 is 1. The fourth-order valence-corrected chi connectivity index (χ4v) is 2.84. The van der Waals surface area contributed by atoms with Crippen molar-refractivity contribution in [3.05, 3.63) is 54.6 Å². The molecule has 0 spiro atoms. The monoisotopic (exact) mass is 423 g/mol. The van der Waals surface area contributed by atoms with Gasteiger partial charge in [-0.1, -0.05) is 30.3 Å². The van der Waals surface area contributed by atoms with Crippen LogP contribution in [0.4, 0.5) is 0 Å². The van der Waals surface area contributed by atoms with Crippen LogP contribution in [0, 0.1) is 0 Å². The molecule has 1 atom stereocenters. The Hall–Kier alpha value is -2.75. The van der Waals surface area contributed by atoms with E-state index in [1.54, 1.807) is 18.9 Å². The van der Waals surface area contributed by atoms with Crippen LogP contribution in [-0.2, 0) is 9.59 Å². The Bertz CT molecular complexity index is 731. The van der Waals surface area contributed by atoms with Gasteiger partial charge in [-0.05, 0) is 24.3 Å². The summed E-state index contributed by atoms with van der Waals surface area (Å²) in [5.41, 5.74) is 0. The number of para-hydroxylation sites is 2. The van der Waals surface area contributed by atoms with Crippen molar-refractivity contribution >= 4 is 23.7 Å². The first-order valence-electron chi connectivity index (χ1n) is 8.72. The van der Waals surface area contributed by atoms with Crippen LogP contribution < -0.4 is 14.8 Å². The number of hydrogen-bond acceptors (Lipinski definition) is 7. The van der Waals surface area contributed by atoms with Crippen LogP contribution in [0.5, 0.6) is 11.5 Å². The molecule has 8 nitrogen and oxygen atoms in total. The van der Waals surface area contributed by atoms with Gasteiger partial charge in [0.05, 0.1) is 7.11 Å². The van der Waals surface area contributed by atoms with Gasteiger partial charge in [0.2, 0.25) is 0 Å². The molecule has 158 valence electrons. The van der Waals surface area contributed by atoms with Gasteiger partial charge in [-0.2, -0.15) is 0 Å². The number of hydrogen-bond donors (Lipinski definition) is 4. The maximum absolute atomic E-state index is 9.96. The Morgan fingerprint density at radius 1 is 1.00 bits per heavy atom. The Balaban J connectivity index is 0.000000612. The lowest BCUT2D eigenvalue weighted by atomic mass is 10.3. The number of carboxylic acids is 2. The van der Waals surface area contributed by atoms with Crippen molar-refractivity contribution in [1.82, 2.24) is 5.32 Å². The van der Waals surface area contributed by atoms with Crippen molar-refractivity contribution in [1.29, 1.82) is 0 Å². The summed E-state index contributed by atoms with van der Waals surface area (Å²) in [5.74, 6) is -1.37. The van der Waals surface area contributed by atoms with Crippen molar-refractivity contribution in [2.45, 2.75) is 11.0 Å². The molecular weight excluding hydrogens is 398 g/mol. The van der Waals surface area contributed by atoms with Crippen molar-refractivity contribution in [3.8, 4) is 11.5 Å². The van der Waals surface area contributed by atoms with E-state index < -0.39 is 18.0 Å². The van der Waals surface area contributed by atoms with E-state index in [2.05, 4.69) is 17.4 Å². The van der Waals surface area contributed by atoms with Crippen molar-refractivity contribution in [2.24, 2.45) is 0 Å². The van der Waals surface area contributed by atoms with Crippen LogP contribution in [0.25, 0.3) is 0 Å². The highest BCUT2D eigenvalue weighted by Crippen LogP contribution is 2.25. The van der Waals surface area contributed by atoms with E-state index in [9.17, 15) is 5.11 Å². The molecule has 0 heterocycles.